The molecule has 2 rings (SSSR count). The first-order valence-corrected chi connectivity index (χ1v) is 7.39. The number of amides is 1. The van der Waals surface area contributed by atoms with Crippen molar-refractivity contribution in [3.63, 3.8) is 0 Å². The molecular weight excluding hydrogens is 268 g/mol. The van der Waals surface area contributed by atoms with Crippen LogP contribution in [-0.2, 0) is 4.79 Å². The number of aliphatic hydroxyl groups is 1. The summed E-state index contributed by atoms with van der Waals surface area (Å²) in [6.07, 6.45) is 3.01. The average Bonchev–Trinajstić information content (AvgIpc) is 2.42. The van der Waals surface area contributed by atoms with Gasteiger partial charge in [-0.3, -0.25) is 19.6 Å². The Hall–Kier alpha value is -1.50. The van der Waals surface area contributed by atoms with Crippen molar-refractivity contribution in [3.8, 4) is 0 Å². The van der Waals surface area contributed by atoms with Crippen LogP contribution in [0.1, 0.15) is 13.8 Å². The van der Waals surface area contributed by atoms with Gasteiger partial charge >= 0.3 is 0 Å². The highest BCUT2D eigenvalue weighted by Crippen LogP contribution is 2.10. The van der Waals surface area contributed by atoms with Crippen molar-refractivity contribution in [2.24, 2.45) is 0 Å². The average molecular weight is 292 g/mol. The summed E-state index contributed by atoms with van der Waals surface area (Å²) < 4.78 is 0. The molecule has 1 aromatic heterocycles. The van der Waals surface area contributed by atoms with E-state index in [2.05, 4.69) is 27.0 Å². The molecule has 0 aliphatic carbocycles. The maximum atomic E-state index is 12.0. The Morgan fingerprint density at radius 1 is 1.57 bits per heavy atom. The van der Waals surface area contributed by atoms with Crippen LogP contribution in [0.3, 0.4) is 0 Å². The van der Waals surface area contributed by atoms with Gasteiger partial charge in [-0.1, -0.05) is 0 Å². The number of anilines is 1. The molecule has 1 aliphatic rings. The number of β-amino-alcohol motifs (C(OH)–C–C–N with tert-alkyl or cyclic N) is 1. The number of nitrogens with zero attached hydrogens (tertiary/aromatic N) is 3. The number of carbonyl (C=O) groups is 1. The van der Waals surface area contributed by atoms with Gasteiger partial charge in [0, 0.05) is 38.4 Å². The van der Waals surface area contributed by atoms with Gasteiger partial charge in [0.05, 0.1) is 24.5 Å². The van der Waals surface area contributed by atoms with Crippen molar-refractivity contribution in [2.75, 3.05) is 38.0 Å². The minimum atomic E-state index is -0.312. The minimum absolute atomic E-state index is 0.0147. The van der Waals surface area contributed by atoms with E-state index in [1.54, 1.807) is 25.4 Å². The van der Waals surface area contributed by atoms with E-state index in [9.17, 15) is 9.90 Å². The molecule has 0 unspecified atom stereocenters. The van der Waals surface area contributed by atoms with E-state index in [0.29, 0.717) is 19.1 Å². The topological polar surface area (TPSA) is 68.7 Å². The highest BCUT2D eigenvalue weighted by molar-refractivity contribution is 5.92. The summed E-state index contributed by atoms with van der Waals surface area (Å²) in [6, 6.07) is 3.97. The van der Waals surface area contributed by atoms with Gasteiger partial charge in [0.1, 0.15) is 0 Å². The van der Waals surface area contributed by atoms with E-state index >= 15 is 0 Å². The SMILES string of the molecule is C[C@@H]1CN(CC(=O)Nc2cccnc2)CCN1C[C@@H](C)O. The van der Waals surface area contributed by atoms with Crippen LogP contribution >= 0.6 is 0 Å². The van der Waals surface area contributed by atoms with Crippen LogP contribution in [0.5, 0.6) is 0 Å². The molecule has 0 saturated carbocycles. The summed E-state index contributed by atoms with van der Waals surface area (Å²) in [5.41, 5.74) is 0.725. The van der Waals surface area contributed by atoms with Crippen molar-refractivity contribution in [1.82, 2.24) is 14.8 Å². The predicted octanol–water partition coefficient (Wildman–Crippen LogP) is 0.407. The number of aliphatic hydroxyl groups excluding tert-OH is 1. The van der Waals surface area contributed by atoms with Crippen molar-refractivity contribution in [2.45, 2.75) is 26.0 Å². The van der Waals surface area contributed by atoms with Gasteiger partial charge in [-0.2, -0.15) is 0 Å². The molecule has 0 aromatic carbocycles. The van der Waals surface area contributed by atoms with E-state index in [4.69, 9.17) is 0 Å². The standard InChI is InChI=1S/C15H24N4O2/c1-12-9-18(6-7-19(12)10-13(2)20)11-15(21)17-14-4-3-5-16-8-14/h3-5,8,12-13,20H,6-7,9-11H2,1-2H3,(H,17,21)/t12-,13-/m1/s1. The largest absolute Gasteiger partial charge is 0.392 e. The molecule has 0 radical (unpaired) electrons. The molecule has 1 saturated heterocycles. The van der Waals surface area contributed by atoms with Crippen LogP contribution in [0.4, 0.5) is 5.69 Å². The summed E-state index contributed by atoms with van der Waals surface area (Å²) >= 11 is 0. The molecule has 116 valence electrons. The lowest BCUT2D eigenvalue weighted by molar-refractivity contribution is -0.118. The molecule has 2 heterocycles. The second-order valence-corrected chi connectivity index (χ2v) is 5.72. The van der Waals surface area contributed by atoms with Gasteiger partial charge < -0.3 is 10.4 Å². The van der Waals surface area contributed by atoms with E-state index in [1.807, 2.05) is 6.07 Å². The fourth-order valence-corrected chi connectivity index (χ4v) is 2.67. The van der Waals surface area contributed by atoms with E-state index in [0.717, 1.165) is 25.3 Å². The van der Waals surface area contributed by atoms with Gasteiger partial charge in [-0.25, -0.2) is 0 Å². The minimum Gasteiger partial charge on any atom is -0.392 e. The number of piperazine rings is 1. The maximum absolute atomic E-state index is 12.0. The van der Waals surface area contributed by atoms with Gasteiger partial charge in [0.15, 0.2) is 0 Å². The van der Waals surface area contributed by atoms with Crippen LogP contribution in [0.25, 0.3) is 0 Å². The summed E-state index contributed by atoms with van der Waals surface area (Å²) in [6.45, 7) is 7.59. The fraction of sp³-hybridized carbons (Fsp3) is 0.600. The summed E-state index contributed by atoms with van der Waals surface area (Å²) in [7, 11) is 0. The molecule has 0 bridgehead atoms. The lowest BCUT2D eigenvalue weighted by Crippen LogP contribution is -2.54. The Morgan fingerprint density at radius 3 is 3.00 bits per heavy atom. The fourth-order valence-electron chi connectivity index (χ4n) is 2.67. The number of pyridine rings is 1. The maximum Gasteiger partial charge on any atom is 0.238 e. The third kappa shape index (κ3) is 5.08. The monoisotopic (exact) mass is 292 g/mol. The van der Waals surface area contributed by atoms with Crippen molar-refractivity contribution >= 4 is 11.6 Å². The highest BCUT2D eigenvalue weighted by Gasteiger charge is 2.25. The second kappa shape index (κ2) is 7.49. The van der Waals surface area contributed by atoms with Crippen LogP contribution in [-0.4, -0.2) is 70.7 Å². The quantitative estimate of drug-likeness (QED) is 0.822. The van der Waals surface area contributed by atoms with Crippen molar-refractivity contribution in [1.29, 1.82) is 0 Å². The zero-order valence-corrected chi connectivity index (χ0v) is 12.7. The number of hydrogen-bond donors (Lipinski definition) is 2. The Balaban J connectivity index is 1.78. The molecule has 2 atom stereocenters. The zero-order valence-electron chi connectivity index (χ0n) is 12.7. The van der Waals surface area contributed by atoms with E-state index in [-0.39, 0.29) is 12.0 Å². The van der Waals surface area contributed by atoms with Crippen LogP contribution in [0.2, 0.25) is 0 Å². The van der Waals surface area contributed by atoms with Crippen molar-refractivity contribution in [3.05, 3.63) is 24.5 Å². The van der Waals surface area contributed by atoms with E-state index in [1.165, 1.54) is 0 Å². The third-order valence-electron chi connectivity index (χ3n) is 3.66. The first-order valence-electron chi connectivity index (χ1n) is 7.39. The van der Waals surface area contributed by atoms with Gasteiger partial charge in [0.2, 0.25) is 5.91 Å². The van der Waals surface area contributed by atoms with Gasteiger partial charge in [0.25, 0.3) is 0 Å². The van der Waals surface area contributed by atoms with E-state index < -0.39 is 0 Å². The summed E-state index contributed by atoms with van der Waals surface area (Å²) in [5, 5.41) is 12.3. The molecule has 21 heavy (non-hydrogen) atoms. The lowest BCUT2D eigenvalue weighted by Gasteiger charge is -2.40. The zero-order chi connectivity index (χ0) is 15.2. The summed E-state index contributed by atoms with van der Waals surface area (Å²) in [4.78, 5) is 20.4. The molecule has 6 nitrogen and oxygen atoms in total. The molecular formula is C15H24N4O2. The molecule has 6 heteroatoms. The normalized spacial score (nSPS) is 22.0. The number of nitrogens with one attached hydrogen (secondary N) is 1. The first-order chi connectivity index (χ1) is 10.0. The number of hydrogen-bond acceptors (Lipinski definition) is 5. The number of carbonyl (C=O) groups excluding carboxylic acids is 1. The number of rotatable bonds is 5. The highest BCUT2D eigenvalue weighted by atomic mass is 16.3. The number of aromatic nitrogens is 1. The Morgan fingerprint density at radius 2 is 2.38 bits per heavy atom. The molecule has 1 aliphatic heterocycles. The van der Waals surface area contributed by atoms with Crippen LogP contribution < -0.4 is 5.32 Å². The first kappa shape index (κ1) is 15.9. The third-order valence-corrected chi connectivity index (χ3v) is 3.66. The molecule has 0 spiro atoms. The molecule has 2 N–H and O–H groups in total. The molecule has 1 amide bonds. The summed E-state index contributed by atoms with van der Waals surface area (Å²) in [5.74, 6) is -0.0147. The Labute approximate surface area is 125 Å². The second-order valence-electron chi connectivity index (χ2n) is 5.72. The molecule has 1 aromatic rings. The lowest BCUT2D eigenvalue weighted by atomic mass is 10.1. The van der Waals surface area contributed by atoms with Crippen molar-refractivity contribution < 1.29 is 9.90 Å². The Kier molecular flexibility index (Phi) is 5.67. The smallest absolute Gasteiger partial charge is 0.238 e. The van der Waals surface area contributed by atoms with Crippen LogP contribution in [0.15, 0.2) is 24.5 Å². The predicted molar refractivity (Wildman–Crippen MR) is 82.0 cm³/mol. The van der Waals surface area contributed by atoms with Gasteiger partial charge in [-0.05, 0) is 26.0 Å². The van der Waals surface area contributed by atoms with Crippen LogP contribution in [0, 0.1) is 0 Å². The molecule has 1 fully saturated rings. The van der Waals surface area contributed by atoms with Gasteiger partial charge in [-0.15, -0.1) is 0 Å². The Bertz CT molecular complexity index is 452.